The molecule has 0 amide bonds. The van der Waals surface area contributed by atoms with Crippen LogP contribution in [0.15, 0.2) is 42.5 Å². The molecule has 0 bridgehead atoms. The number of rotatable bonds is 5. The van der Waals surface area contributed by atoms with Crippen LogP contribution in [0, 0.1) is 6.92 Å². The molecular formula is C16H19NO2. The van der Waals surface area contributed by atoms with Crippen molar-refractivity contribution < 1.29 is 9.47 Å². The third-order valence-electron chi connectivity index (χ3n) is 2.91. The van der Waals surface area contributed by atoms with E-state index in [-0.39, 0.29) is 0 Å². The van der Waals surface area contributed by atoms with Crippen molar-refractivity contribution >= 4 is 0 Å². The molecule has 0 atom stereocenters. The van der Waals surface area contributed by atoms with E-state index >= 15 is 0 Å². The number of methoxy groups -OCH3 is 1. The normalized spacial score (nSPS) is 10.3. The minimum atomic E-state index is 0.521. The van der Waals surface area contributed by atoms with Crippen molar-refractivity contribution in [3.05, 3.63) is 48.0 Å². The highest BCUT2D eigenvalue weighted by atomic mass is 16.5. The fraction of sp³-hybridized carbons (Fsp3) is 0.250. The van der Waals surface area contributed by atoms with Gasteiger partial charge in [-0.1, -0.05) is 23.8 Å². The molecule has 2 aromatic carbocycles. The summed E-state index contributed by atoms with van der Waals surface area (Å²) < 4.78 is 10.9. The number of hydrogen-bond donors (Lipinski definition) is 1. The van der Waals surface area contributed by atoms with Crippen LogP contribution in [0.25, 0.3) is 11.1 Å². The van der Waals surface area contributed by atoms with Crippen LogP contribution in [0.1, 0.15) is 5.56 Å². The number of ether oxygens (including phenoxy) is 2. The van der Waals surface area contributed by atoms with Gasteiger partial charge in [0.15, 0.2) is 0 Å². The fourth-order valence-corrected chi connectivity index (χ4v) is 1.95. The largest absolute Gasteiger partial charge is 0.496 e. The third kappa shape index (κ3) is 3.26. The second-order valence-electron chi connectivity index (χ2n) is 4.37. The molecule has 3 heteroatoms. The van der Waals surface area contributed by atoms with Gasteiger partial charge in [-0.3, -0.25) is 0 Å². The Hall–Kier alpha value is -2.00. The first-order valence-corrected chi connectivity index (χ1v) is 6.32. The molecule has 0 aliphatic carbocycles. The molecule has 0 saturated carbocycles. The summed E-state index contributed by atoms with van der Waals surface area (Å²) in [5.74, 6) is 1.71. The van der Waals surface area contributed by atoms with Crippen LogP contribution in [-0.2, 0) is 0 Å². The van der Waals surface area contributed by atoms with Crippen molar-refractivity contribution in [3.8, 4) is 22.6 Å². The number of hydrogen-bond acceptors (Lipinski definition) is 3. The van der Waals surface area contributed by atoms with Gasteiger partial charge in [0.2, 0.25) is 0 Å². The Morgan fingerprint density at radius 2 is 1.79 bits per heavy atom. The van der Waals surface area contributed by atoms with Gasteiger partial charge in [-0.25, -0.2) is 0 Å². The van der Waals surface area contributed by atoms with E-state index in [0.29, 0.717) is 13.2 Å². The second-order valence-corrected chi connectivity index (χ2v) is 4.37. The molecule has 0 aromatic heterocycles. The Kier molecular flexibility index (Phi) is 4.42. The average molecular weight is 257 g/mol. The Morgan fingerprint density at radius 3 is 2.42 bits per heavy atom. The Morgan fingerprint density at radius 1 is 1.05 bits per heavy atom. The van der Waals surface area contributed by atoms with Gasteiger partial charge < -0.3 is 15.2 Å². The van der Waals surface area contributed by atoms with Crippen molar-refractivity contribution in [3.63, 3.8) is 0 Å². The number of benzene rings is 2. The molecule has 0 saturated heterocycles. The van der Waals surface area contributed by atoms with E-state index in [1.807, 2.05) is 36.4 Å². The van der Waals surface area contributed by atoms with Crippen LogP contribution < -0.4 is 15.2 Å². The average Bonchev–Trinajstić information content (AvgIpc) is 2.45. The number of aryl methyl sites for hydroxylation is 1. The molecule has 0 aliphatic heterocycles. The minimum Gasteiger partial charge on any atom is -0.496 e. The molecule has 0 heterocycles. The lowest BCUT2D eigenvalue weighted by Gasteiger charge is -2.11. The highest BCUT2D eigenvalue weighted by Crippen LogP contribution is 2.31. The molecule has 0 aliphatic rings. The molecule has 0 spiro atoms. The summed E-state index contributed by atoms with van der Waals surface area (Å²) in [6.07, 6.45) is 0. The molecule has 2 aromatic rings. The van der Waals surface area contributed by atoms with E-state index in [9.17, 15) is 0 Å². The summed E-state index contributed by atoms with van der Waals surface area (Å²) in [7, 11) is 1.69. The van der Waals surface area contributed by atoms with Crippen LogP contribution in [0.5, 0.6) is 11.5 Å². The first-order valence-electron chi connectivity index (χ1n) is 6.32. The fourth-order valence-electron chi connectivity index (χ4n) is 1.95. The standard InChI is InChI=1S/C16H19NO2/c1-12-3-8-16(18-2)15(11-12)13-4-6-14(7-5-13)19-10-9-17/h3-8,11H,9-10,17H2,1-2H3. The van der Waals surface area contributed by atoms with Gasteiger partial charge in [-0.2, -0.15) is 0 Å². The zero-order valence-electron chi connectivity index (χ0n) is 11.3. The zero-order valence-corrected chi connectivity index (χ0v) is 11.3. The van der Waals surface area contributed by atoms with Gasteiger partial charge in [0.25, 0.3) is 0 Å². The van der Waals surface area contributed by atoms with Gasteiger partial charge >= 0.3 is 0 Å². The number of nitrogens with two attached hydrogens (primary N) is 1. The first-order chi connectivity index (χ1) is 9.24. The van der Waals surface area contributed by atoms with Crippen molar-refractivity contribution in [2.75, 3.05) is 20.3 Å². The lowest BCUT2D eigenvalue weighted by Crippen LogP contribution is -2.10. The van der Waals surface area contributed by atoms with Gasteiger partial charge in [-0.05, 0) is 36.8 Å². The van der Waals surface area contributed by atoms with E-state index < -0.39 is 0 Å². The summed E-state index contributed by atoms with van der Waals surface area (Å²) >= 11 is 0. The maximum Gasteiger partial charge on any atom is 0.126 e. The smallest absolute Gasteiger partial charge is 0.126 e. The van der Waals surface area contributed by atoms with Crippen molar-refractivity contribution in [1.29, 1.82) is 0 Å². The van der Waals surface area contributed by atoms with Crippen LogP contribution in [0.2, 0.25) is 0 Å². The Balaban J connectivity index is 2.29. The highest BCUT2D eigenvalue weighted by molar-refractivity contribution is 5.71. The van der Waals surface area contributed by atoms with Crippen LogP contribution in [-0.4, -0.2) is 20.3 Å². The highest BCUT2D eigenvalue weighted by Gasteiger charge is 2.06. The second kappa shape index (κ2) is 6.25. The summed E-state index contributed by atoms with van der Waals surface area (Å²) in [5, 5.41) is 0. The van der Waals surface area contributed by atoms with Crippen LogP contribution >= 0.6 is 0 Å². The SMILES string of the molecule is COc1ccc(C)cc1-c1ccc(OCCN)cc1. The first kappa shape index (κ1) is 13.4. The van der Waals surface area contributed by atoms with Crippen LogP contribution in [0.3, 0.4) is 0 Å². The topological polar surface area (TPSA) is 44.5 Å². The molecule has 19 heavy (non-hydrogen) atoms. The molecule has 2 rings (SSSR count). The van der Waals surface area contributed by atoms with E-state index in [1.165, 1.54) is 5.56 Å². The molecule has 0 radical (unpaired) electrons. The monoisotopic (exact) mass is 257 g/mol. The van der Waals surface area contributed by atoms with Gasteiger partial charge in [-0.15, -0.1) is 0 Å². The Bertz CT molecular complexity index is 535. The van der Waals surface area contributed by atoms with Gasteiger partial charge in [0, 0.05) is 12.1 Å². The van der Waals surface area contributed by atoms with Crippen molar-refractivity contribution in [2.45, 2.75) is 6.92 Å². The van der Waals surface area contributed by atoms with E-state index in [4.69, 9.17) is 15.2 Å². The summed E-state index contributed by atoms with van der Waals surface area (Å²) in [6.45, 7) is 3.13. The molecule has 0 fully saturated rings. The molecular weight excluding hydrogens is 238 g/mol. The zero-order chi connectivity index (χ0) is 13.7. The van der Waals surface area contributed by atoms with E-state index in [1.54, 1.807) is 7.11 Å². The maximum absolute atomic E-state index is 5.47. The molecule has 0 unspecified atom stereocenters. The van der Waals surface area contributed by atoms with E-state index in [0.717, 1.165) is 22.6 Å². The summed E-state index contributed by atoms with van der Waals surface area (Å²) in [4.78, 5) is 0. The predicted octanol–water partition coefficient (Wildman–Crippen LogP) is 3.01. The third-order valence-corrected chi connectivity index (χ3v) is 2.91. The van der Waals surface area contributed by atoms with Gasteiger partial charge in [0.1, 0.15) is 18.1 Å². The molecule has 100 valence electrons. The van der Waals surface area contributed by atoms with Gasteiger partial charge in [0.05, 0.1) is 7.11 Å². The summed E-state index contributed by atoms with van der Waals surface area (Å²) in [6, 6.07) is 14.1. The van der Waals surface area contributed by atoms with Crippen molar-refractivity contribution in [2.24, 2.45) is 5.73 Å². The quantitative estimate of drug-likeness (QED) is 0.895. The molecule has 2 N–H and O–H groups in total. The Labute approximate surface area is 114 Å². The lowest BCUT2D eigenvalue weighted by molar-refractivity contribution is 0.328. The lowest BCUT2D eigenvalue weighted by atomic mass is 10.0. The predicted molar refractivity (Wildman–Crippen MR) is 77.7 cm³/mol. The molecule has 3 nitrogen and oxygen atoms in total. The van der Waals surface area contributed by atoms with Crippen molar-refractivity contribution in [1.82, 2.24) is 0 Å². The van der Waals surface area contributed by atoms with E-state index in [2.05, 4.69) is 13.0 Å². The van der Waals surface area contributed by atoms with Crippen LogP contribution in [0.4, 0.5) is 0 Å². The summed E-state index contributed by atoms with van der Waals surface area (Å²) in [5.41, 5.74) is 8.82. The minimum absolute atomic E-state index is 0.521. The maximum atomic E-state index is 5.47.